The molecule has 2 aliphatic heterocycles. The Kier molecular flexibility index (Phi) is 6.69. The zero-order valence-electron chi connectivity index (χ0n) is 16.8. The van der Waals surface area contributed by atoms with Gasteiger partial charge < -0.3 is 10.4 Å². The van der Waals surface area contributed by atoms with Crippen LogP contribution in [-0.2, 0) is 32.2 Å². The second-order valence-corrected chi connectivity index (χ2v) is 11.9. The van der Waals surface area contributed by atoms with E-state index in [2.05, 4.69) is 20.8 Å². The second kappa shape index (κ2) is 9.33. The molecule has 0 bridgehead atoms. The number of aryl methyl sites for hydroxylation is 1. The average molecular weight is 515 g/mol. The number of hydrogen-bond acceptors (Lipinski definition) is 10. The molecule has 0 spiro atoms. The summed E-state index contributed by atoms with van der Waals surface area (Å²) in [6.07, 6.45) is 0. The van der Waals surface area contributed by atoms with E-state index < -0.39 is 45.2 Å². The van der Waals surface area contributed by atoms with E-state index in [4.69, 9.17) is 0 Å². The van der Waals surface area contributed by atoms with Crippen molar-refractivity contribution in [3.8, 4) is 0 Å². The maximum atomic E-state index is 12.8. The lowest BCUT2D eigenvalue weighted by atomic mass is 10.0. The number of hydrogen-bond donors (Lipinski definition) is 2. The van der Waals surface area contributed by atoms with Crippen LogP contribution in [0, 0.1) is 0 Å². The van der Waals surface area contributed by atoms with Gasteiger partial charge in [-0.1, -0.05) is 17.8 Å². The topological polar surface area (TPSA) is 147 Å². The fourth-order valence-corrected chi connectivity index (χ4v) is 7.80. The van der Waals surface area contributed by atoms with Gasteiger partial charge in [0.25, 0.3) is 5.91 Å². The molecule has 32 heavy (non-hydrogen) atoms. The van der Waals surface area contributed by atoms with E-state index in [1.54, 1.807) is 31.5 Å². The first-order valence-corrected chi connectivity index (χ1v) is 13.4. The van der Waals surface area contributed by atoms with Gasteiger partial charge in [0.15, 0.2) is 0 Å². The van der Waals surface area contributed by atoms with Gasteiger partial charge in [0, 0.05) is 18.6 Å². The zero-order chi connectivity index (χ0) is 23.0. The van der Waals surface area contributed by atoms with Gasteiger partial charge in [0.1, 0.15) is 22.4 Å². The summed E-state index contributed by atoms with van der Waals surface area (Å²) in [6.45, 7) is 1.54. The van der Waals surface area contributed by atoms with E-state index in [-0.39, 0.29) is 5.70 Å². The van der Waals surface area contributed by atoms with Crippen LogP contribution in [0.1, 0.15) is 6.92 Å². The van der Waals surface area contributed by atoms with Crippen LogP contribution in [-0.4, -0.2) is 80.4 Å². The van der Waals surface area contributed by atoms with E-state index in [1.807, 2.05) is 0 Å². The molecule has 170 valence electrons. The van der Waals surface area contributed by atoms with Crippen molar-refractivity contribution >= 4 is 63.4 Å². The maximum Gasteiger partial charge on any atom is 0.352 e. The molecule has 2 aromatic heterocycles. The number of fused-ring (bicyclic) bond motifs is 1. The lowest BCUT2D eigenvalue weighted by molar-refractivity contribution is -0.150. The Hall–Kier alpha value is -2.23. The van der Waals surface area contributed by atoms with Crippen LogP contribution in [0.2, 0.25) is 0 Å². The van der Waals surface area contributed by atoms with E-state index in [1.165, 1.54) is 44.4 Å². The third-order valence-corrected chi connectivity index (χ3v) is 10.2. The quantitative estimate of drug-likeness (QED) is 0.372. The number of aromatic nitrogens is 4. The van der Waals surface area contributed by atoms with Gasteiger partial charge >= 0.3 is 5.97 Å². The zero-order valence-corrected chi connectivity index (χ0v) is 20.1. The molecule has 3 unspecified atom stereocenters. The molecule has 0 aliphatic carbocycles. The fraction of sp³-hybridized carbons (Fsp3) is 0.412. The Balaban J connectivity index is 1.44. The summed E-state index contributed by atoms with van der Waals surface area (Å²) in [6, 6.07) is 2.59. The van der Waals surface area contributed by atoms with E-state index in [9.17, 15) is 23.7 Å². The van der Waals surface area contributed by atoms with Crippen molar-refractivity contribution in [2.24, 2.45) is 7.05 Å². The first kappa shape index (κ1) is 22.9. The molecule has 2 aromatic rings. The molecule has 11 nitrogen and oxygen atoms in total. The van der Waals surface area contributed by atoms with Gasteiger partial charge in [-0.15, -0.1) is 28.2 Å². The van der Waals surface area contributed by atoms with Crippen molar-refractivity contribution in [3.05, 3.63) is 28.8 Å². The fourth-order valence-electron chi connectivity index (χ4n) is 3.21. The Labute approximate surface area is 197 Å². The summed E-state index contributed by atoms with van der Waals surface area (Å²) >= 11 is 3.95. The van der Waals surface area contributed by atoms with Gasteiger partial charge in [0.05, 0.1) is 15.0 Å². The highest BCUT2D eigenvalue weighted by Crippen LogP contribution is 2.41. The smallest absolute Gasteiger partial charge is 0.352 e. The Morgan fingerprint density at radius 2 is 2.25 bits per heavy atom. The van der Waals surface area contributed by atoms with Crippen LogP contribution in [0.5, 0.6) is 0 Å². The summed E-state index contributed by atoms with van der Waals surface area (Å²) in [4.78, 5) is 38.6. The number of carbonyl (C=O) groups excluding carboxylic acids is 2. The Bertz CT molecular complexity index is 1120. The predicted molar refractivity (Wildman–Crippen MR) is 119 cm³/mol. The molecule has 2 amide bonds. The van der Waals surface area contributed by atoms with Crippen molar-refractivity contribution in [2.45, 2.75) is 33.0 Å². The third-order valence-electron chi connectivity index (χ3n) is 4.89. The van der Waals surface area contributed by atoms with Crippen LogP contribution >= 0.6 is 34.9 Å². The SMILES string of the molecule is CC(C(=O)NC1C(=O)N2C(C(=O)O)=C(CSc3nnnn3C)CS[C@@H]12)S(=O)c1cccs1. The number of thiophene rings is 1. The van der Waals surface area contributed by atoms with Crippen molar-refractivity contribution in [1.29, 1.82) is 0 Å². The molecule has 0 radical (unpaired) electrons. The first-order chi connectivity index (χ1) is 15.3. The van der Waals surface area contributed by atoms with Gasteiger partial charge in [-0.05, 0) is 34.4 Å². The highest BCUT2D eigenvalue weighted by molar-refractivity contribution is 8.01. The Morgan fingerprint density at radius 3 is 2.88 bits per heavy atom. The number of nitrogens with one attached hydrogen (secondary N) is 1. The number of nitrogens with zero attached hydrogens (tertiary/aromatic N) is 5. The molecule has 1 saturated heterocycles. The highest BCUT2D eigenvalue weighted by atomic mass is 32.2. The van der Waals surface area contributed by atoms with Crippen molar-refractivity contribution < 1.29 is 23.7 Å². The van der Waals surface area contributed by atoms with Gasteiger partial charge in [-0.2, -0.15) is 0 Å². The van der Waals surface area contributed by atoms with Gasteiger partial charge in [0.2, 0.25) is 11.1 Å². The van der Waals surface area contributed by atoms with E-state index >= 15 is 0 Å². The van der Waals surface area contributed by atoms with Crippen LogP contribution in [0.3, 0.4) is 0 Å². The number of tetrazole rings is 1. The first-order valence-electron chi connectivity index (χ1n) is 9.29. The number of thioether (sulfide) groups is 2. The van der Waals surface area contributed by atoms with Gasteiger partial charge in [-0.3, -0.25) is 18.7 Å². The third kappa shape index (κ3) is 4.21. The van der Waals surface area contributed by atoms with Crippen LogP contribution in [0.25, 0.3) is 0 Å². The normalized spacial score (nSPS) is 22.2. The number of carboxylic acid groups (broad SMARTS) is 1. The van der Waals surface area contributed by atoms with Gasteiger partial charge in [-0.25, -0.2) is 9.48 Å². The summed E-state index contributed by atoms with van der Waals surface area (Å²) in [7, 11) is 0.148. The second-order valence-electron chi connectivity index (χ2n) is 6.90. The highest BCUT2D eigenvalue weighted by Gasteiger charge is 2.54. The molecule has 15 heteroatoms. The minimum atomic E-state index is -1.53. The minimum Gasteiger partial charge on any atom is -0.477 e. The lowest BCUT2D eigenvalue weighted by Crippen LogP contribution is -2.71. The molecule has 4 heterocycles. The molecular weight excluding hydrogens is 496 g/mol. The van der Waals surface area contributed by atoms with Crippen LogP contribution in [0.15, 0.2) is 38.1 Å². The number of β-lactam (4-membered cyclic amide) rings is 1. The lowest BCUT2D eigenvalue weighted by Gasteiger charge is -2.49. The van der Waals surface area contributed by atoms with E-state index in [0.29, 0.717) is 26.4 Å². The monoisotopic (exact) mass is 514 g/mol. The van der Waals surface area contributed by atoms with Crippen molar-refractivity contribution in [3.63, 3.8) is 0 Å². The molecule has 1 fully saturated rings. The van der Waals surface area contributed by atoms with Crippen molar-refractivity contribution in [1.82, 2.24) is 30.4 Å². The average Bonchev–Trinajstić information content (AvgIpc) is 3.45. The summed E-state index contributed by atoms with van der Waals surface area (Å²) < 4.78 is 14.6. The Morgan fingerprint density at radius 1 is 1.47 bits per heavy atom. The number of carboxylic acids is 1. The number of rotatable bonds is 8. The van der Waals surface area contributed by atoms with Crippen LogP contribution in [0.4, 0.5) is 0 Å². The molecular formula is C17H18N6O5S4. The number of aliphatic carboxylic acids is 1. The number of carbonyl (C=O) groups is 3. The largest absolute Gasteiger partial charge is 0.477 e. The molecule has 2 aliphatic rings. The molecule has 0 saturated carbocycles. The predicted octanol–water partition coefficient (Wildman–Crippen LogP) is 0.299. The molecule has 0 aromatic carbocycles. The molecule has 2 N–H and O–H groups in total. The number of amides is 2. The van der Waals surface area contributed by atoms with Crippen molar-refractivity contribution in [2.75, 3.05) is 11.5 Å². The molecule has 4 atom stereocenters. The summed E-state index contributed by atoms with van der Waals surface area (Å²) in [5.41, 5.74) is 0.513. The van der Waals surface area contributed by atoms with E-state index in [0.717, 1.165) is 0 Å². The summed E-state index contributed by atoms with van der Waals surface area (Å²) in [5.74, 6) is -1.51. The maximum absolute atomic E-state index is 12.8. The standard InChI is InChI=1S/C17H18N6O5S4/c1-8(32(28)10-4-3-5-29-10)13(24)18-11-14(25)23-12(16(26)27)9(6-30-15(11)23)7-31-17-19-20-21-22(17)2/h3-5,8,11,15H,6-7H2,1-2H3,(H,18,24)(H,26,27)/t8?,11?,15-,32?/m0/s1. The summed E-state index contributed by atoms with van der Waals surface area (Å²) in [5, 5.41) is 24.5. The molecule has 4 rings (SSSR count). The van der Waals surface area contributed by atoms with Crippen LogP contribution < -0.4 is 5.32 Å². The minimum absolute atomic E-state index is 0.0675.